The van der Waals surface area contributed by atoms with Crippen LogP contribution in [-0.4, -0.2) is 11.5 Å². The highest BCUT2D eigenvalue weighted by atomic mass is 19.1. The van der Waals surface area contributed by atoms with Crippen molar-refractivity contribution in [2.24, 2.45) is 17.1 Å². The minimum Gasteiger partial charge on any atom is -0.330 e. The monoisotopic (exact) mass is 194 g/mol. The van der Waals surface area contributed by atoms with Gasteiger partial charge in [0.15, 0.2) is 0 Å². The van der Waals surface area contributed by atoms with Gasteiger partial charge in [-0.3, -0.25) is 4.98 Å². The first kappa shape index (κ1) is 9.59. The number of rotatable bonds is 2. The van der Waals surface area contributed by atoms with Crippen LogP contribution >= 0.6 is 0 Å². The molecule has 2 N–H and O–H groups in total. The molecule has 1 aromatic rings. The molecule has 0 aromatic carbocycles. The molecule has 1 fully saturated rings. The number of pyridine rings is 1. The quantitative estimate of drug-likeness (QED) is 0.781. The summed E-state index contributed by atoms with van der Waals surface area (Å²) in [6, 6.07) is 1.56. The van der Waals surface area contributed by atoms with Gasteiger partial charge >= 0.3 is 0 Å². The van der Waals surface area contributed by atoms with E-state index in [2.05, 4.69) is 18.8 Å². The van der Waals surface area contributed by atoms with Crippen LogP contribution < -0.4 is 5.73 Å². The molecule has 0 radical (unpaired) electrons. The minimum atomic E-state index is -0.263. The third kappa shape index (κ3) is 1.32. The Morgan fingerprint density at radius 2 is 2.21 bits per heavy atom. The molecule has 0 bridgehead atoms. The Kier molecular flexibility index (Phi) is 2.07. The summed E-state index contributed by atoms with van der Waals surface area (Å²) in [6.07, 6.45) is 2.97. The van der Waals surface area contributed by atoms with E-state index >= 15 is 0 Å². The number of aromatic nitrogens is 1. The van der Waals surface area contributed by atoms with Gasteiger partial charge in [0.25, 0.3) is 0 Å². The fourth-order valence-electron chi connectivity index (χ4n) is 2.44. The lowest BCUT2D eigenvalue weighted by molar-refractivity contribution is 0.557. The molecule has 76 valence electrons. The van der Waals surface area contributed by atoms with Crippen molar-refractivity contribution in [1.29, 1.82) is 0 Å². The fraction of sp³-hybridized carbons (Fsp3) is 0.545. The zero-order valence-electron chi connectivity index (χ0n) is 8.50. The zero-order chi connectivity index (χ0) is 10.3. The van der Waals surface area contributed by atoms with Gasteiger partial charge < -0.3 is 5.73 Å². The zero-order valence-corrected chi connectivity index (χ0v) is 8.50. The molecule has 0 amide bonds. The van der Waals surface area contributed by atoms with Crippen molar-refractivity contribution in [2.45, 2.75) is 19.8 Å². The van der Waals surface area contributed by atoms with Gasteiger partial charge in [-0.15, -0.1) is 0 Å². The summed E-state index contributed by atoms with van der Waals surface area (Å²) in [4.78, 5) is 3.86. The van der Waals surface area contributed by atoms with Gasteiger partial charge in [0, 0.05) is 6.20 Å². The first-order valence-corrected chi connectivity index (χ1v) is 4.88. The normalized spacial score (nSPS) is 28.9. The molecule has 2 atom stereocenters. The third-order valence-corrected chi connectivity index (χ3v) is 3.39. The van der Waals surface area contributed by atoms with Crippen molar-refractivity contribution in [2.75, 3.05) is 6.54 Å². The van der Waals surface area contributed by atoms with Gasteiger partial charge in [0.2, 0.25) is 0 Å². The topological polar surface area (TPSA) is 38.9 Å². The van der Waals surface area contributed by atoms with Crippen molar-refractivity contribution in [1.82, 2.24) is 4.98 Å². The Labute approximate surface area is 83.3 Å². The number of halogens is 1. The van der Waals surface area contributed by atoms with E-state index in [1.165, 1.54) is 6.20 Å². The van der Waals surface area contributed by atoms with Crippen LogP contribution in [0.25, 0.3) is 0 Å². The van der Waals surface area contributed by atoms with E-state index in [1.54, 1.807) is 12.3 Å². The maximum atomic E-state index is 12.9. The second kappa shape index (κ2) is 3.02. The Balaban J connectivity index is 2.26. The maximum Gasteiger partial charge on any atom is 0.141 e. The Morgan fingerprint density at radius 3 is 2.71 bits per heavy atom. The SMILES string of the molecule is CC1(C)[C@@H](CN)[C@@H]1c1cncc(F)c1. The lowest BCUT2D eigenvalue weighted by Crippen LogP contribution is -2.05. The molecule has 14 heavy (non-hydrogen) atoms. The molecule has 3 heteroatoms. The summed E-state index contributed by atoms with van der Waals surface area (Å²) in [5, 5.41) is 0. The fourth-order valence-corrected chi connectivity index (χ4v) is 2.44. The molecular weight excluding hydrogens is 179 g/mol. The summed E-state index contributed by atoms with van der Waals surface area (Å²) >= 11 is 0. The maximum absolute atomic E-state index is 12.9. The van der Waals surface area contributed by atoms with Crippen LogP contribution in [-0.2, 0) is 0 Å². The second-order valence-corrected chi connectivity index (χ2v) is 4.58. The highest BCUT2D eigenvalue weighted by Crippen LogP contribution is 2.63. The van der Waals surface area contributed by atoms with Gasteiger partial charge in [-0.25, -0.2) is 4.39 Å². The largest absolute Gasteiger partial charge is 0.330 e. The minimum absolute atomic E-state index is 0.199. The van der Waals surface area contributed by atoms with Crippen LogP contribution in [0.3, 0.4) is 0 Å². The van der Waals surface area contributed by atoms with Crippen LogP contribution in [0.2, 0.25) is 0 Å². The van der Waals surface area contributed by atoms with Gasteiger partial charge in [0.1, 0.15) is 5.82 Å². The lowest BCUT2D eigenvalue weighted by atomic mass is 10.1. The summed E-state index contributed by atoms with van der Waals surface area (Å²) in [5.74, 6) is 0.572. The van der Waals surface area contributed by atoms with Crippen molar-refractivity contribution in [3.63, 3.8) is 0 Å². The Bertz CT molecular complexity index is 349. The standard InChI is InChI=1S/C11H15FN2/c1-11(2)9(4-13)10(11)7-3-8(12)6-14-5-7/h3,5-6,9-10H,4,13H2,1-2H3/t9-,10-/m0/s1. The molecule has 1 aromatic heterocycles. The van der Waals surface area contributed by atoms with Gasteiger partial charge in [-0.1, -0.05) is 13.8 Å². The van der Waals surface area contributed by atoms with E-state index in [-0.39, 0.29) is 11.2 Å². The van der Waals surface area contributed by atoms with Gasteiger partial charge in [-0.2, -0.15) is 0 Å². The summed E-state index contributed by atoms with van der Waals surface area (Å²) in [7, 11) is 0. The Hall–Kier alpha value is -0.960. The number of nitrogens with two attached hydrogens (primary N) is 1. The third-order valence-electron chi connectivity index (χ3n) is 3.39. The highest BCUT2D eigenvalue weighted by Gasteiger charge is 2.57. The van der Waals surface area contributed by atoms with E-state index in [0.29, 0.717) is 18.4 Å². The lowest BCUT2D eigenvalue weighted by Gasteiger charge is -2.01. The van der Waals surface area contributed by atoms with Crippen molar-refractivity contribution in [3.8, 4) is 0 Å². The van der Waals surface area contributed by atoms with Gasteiger partial charge in [0.05, 0.1) is 6.20 Å². The van der Waals surface area contributed by atoms with Crippen molar-refractivity contribution in [3.05, 3.63) is 29.8 Å². The molecule has 0 spiro atoms. The number of nitrogens with zero attached hydrogens (tertiary/aromatic N) is 1. The average Bonchev–Trinajstić information content (AvgIpc) is 2.68. The van der Waals surface area contributed by atoms with E-state index in [1.807, 2.05) is 0 Å². The Morgan fingerprint density at radius 1 is 1.50 bits per heavy atom. The van der Waals surface area contributed by atoms with E-state index < -0.39 is 0 Å². The summed E-state index contributed by atoms with van der Waals surface area (Å²) in [5.41, 5.74) is 6.84. The molecule has 2 nitrogen and oxygen atoms in total. The summed E-state index contributed by atoms with van der Waals surface area (Å²) < 4.78 is 12.9. The van der Waals surface area contributed by atoms with E-state index in [9.17, 15) is 4.39 Å². The smallest absolute Gasteiger partial charge is 0.141 e. The molecule has 1 heterocycles. The van der Waals surface area contributed by atoms with Crippen LogP contribution in [0.15, 0.2) is 18.5 Å². The second-order valence-electron chi connectivity index (χ2n) is 4.58. The predicted octanol–water partition coefficient (Wildman–Crippen LogP) is 1.92. The van der Waals surface area contributed by atoms with Crippen LogP contribution in [0.4, 0.5) is 4.39 Å². The predicted molar refractivity (Wildman–Crippen MR) is 53.3 cm³/mol. The van der Waals surface area contributed by atoms with Crippen LogP contribution in [0.1, 0.15) is 25.3 Å². The van der Waals surface area contributed by atoms with Gasteiger partial charge in [-0.05, 0) is 35.4 Å². The molecule has 1 aliphatic rings. The van der Waals surface area contributed by atoms with Crippen molar-refractivity contribution >= 4 is 0 Å². The first-order chi connectivity index (χ1) is 6.57. The number of hydrogen-bond acceptors (Lipinski definition) is 2. The molecule has 0 unspecified atom stereocenters. The molecule has 2 rings (SSSR count). The highest BCUT2D eigenvalue weighted by molar-refractivity contribution is 5.29. The van der Waals surface area contributed by atoms with Crippen molar-refractivity contribution < 1.29 is 4.39 Å². The molecule has 1 saturated carbocycles. The van der Waals surface area contributed by atoms with E-state index in [4.69, 9.17) is 5.73 Å². The first-order valence-electron chi connectivity index (χ1n) is 4.88. The molecule has 0 saturated heterocycles. The van der Waals surface area contributed by atoms with Crippen LogP contribution in [0, 0.1) is 17.2 Å². The molecule has 0 aliphatic heterocycles. The van der Waals surface area contributed by atoms with Crippen LogP contribution in [0.5, 0.6) is 0 Å². The van der Waals surface area contributed by atoms with E-state index in [0.717, 1.165) is 5.56 Å². The summed E-state index contributed by atoms with van der Waals surface area (Å²) in [6.45, 7) is 4.99. The molecular formula is C11H15FN2. The number of hydrogen-bond donors (Lipinski definition) is 1. The molecule has 1 aliphatic carbocycles. The average molecular weight is 194 g/mol.